The minimum absolute atomic E-state index is 0.138. The van der Waals surface area contributed by atoms with Crippen molar-refractivity contribution in [1.29, 1.82) is 0 Å². The molecule has 0 spiro atoms. The number of fused-ring (bicyclic) bond motifs is 1. The number of alkyl halides is 1. The van der Waals surface area contributed by atoms with E-state index in [0.29, 0.717) is 46.8 Å². The number of hydrogen-bond acceptors (Lipinski definition) is 4. The van der Waals surface area contributed by atoms with E-state index < -0.39 is 0 Å². The highest BCUT2D eigenvalue weighted by Gasteiger charge is 2.17. The zero-order valence-electron chi connectivity index (χ0n) is 12.1. The number of hydrogen-bond donors (Lipinski definition) is 0. The topological polar surface area (TPSA) is 53.4 Å². The zero-order valence-corrected chi connectivity index (χ0v) is 12.8. The van der Waals surface area contributed by atoms with Crippen molar-refractivity contribution in [1.82, 2.24) is 9.55 Å². The molecule has 5 nitrogen and oxygen atoms in total. The van der Waals surface area contributed by atoms with Crippen molar-refractivity contribution in [3.05, 3.63) is 34.9 Å². The molecule has 0 aliphatic carbocycles. The Bertz CT molecular complexity index is 725. The molecule has 1 aromatic carbocycles. The van der Waals surface area contributed by atoms with Crippen molar-refractivity contribution in [2.75, 3.05) is 20.1 Å². The second kappa shape index (κ2) is 6.63. The Balaban J connectivity index is 2.79. The van der Waals surface area contributed by atoms with Crippen LogP contribution in [0.25, 0.3) is 17.0 Å². The van der Waals surface area contributed by atoms with Crippen molar-refractivity contribution < 1.29 is 9.47 Å². The Morgan fingerprint density at radius 2 is 2.19 bits per heavy atom. The fourth-order valence-corrected chi connectivity index (χ4v) is 2.37. The maximum Gasteiger partial charge on any atom is 0.261 e. The van der Waals surface area contributed by atoms with E-state index in [4.69, 9.17) is 21.1 Å². The van der Waals surface area contributed by atoms with Gasteiger partial charge >= 0.3 is 0 Å². The number of ether oxygens (including phenoxy) is 2. The summed E-state index contributed by atoms with van der Waals surface area (Å²) in [5.74, 6) is 1.49. The predicted octanol–water partition coefficient (Wildman–Crippen LogP) is 2.69. The molecular formula is C15H17ClN2O3. The number of benzene rings is 1. The first-order chi connectivity index (χ1) is 10.2. The Morgan fingerprint density at radius 1 is 1.43 bits per heavy atom. The van der Waals surface area contributed by atoms with Crippen LogP contribution in [0.4, 0.5) is 0 Å². The molecule has 0 unspecified atom stereocenters. The van der Waals surface area contributed by atoms with Crippen LogP contribution in [-0.4, -0.2) is 29.7 Å². The van der Waals surface area contributed by atoms with Gasteiger partial charge < -0.3 is 9.47 Å². The summed E-state index contributed by atoms with van der Waals surface area (Å²) in [4.78, 5) is 16.9. The predicted molar refractivity (Wildman–Crippen MR) is 84.5 cm³/mol. The molecule has 0 radical (unpaired) electrons. The highest BCUT2D eigenvalue weighted by molar-refractivity contribution is 6.17. The van der Waals surface area contributed by atoms with E-state index in [1.165, 1.54) is 20.5 Å². The van der Waals surface area contributed by atoms with Crippen LogP contribution in [0.5, 0.6) is 11.5 Å². The van der Waals surface area contributed by atoms with Gasteiger partial charge in [-0.15, -0.1) is 11.6 Å². The molecule has 0 aliphatic heterocycles. The minimum atomic E-state index is -0.138. The fraction of sp³-hybridized carbons (Fsp3) is 0.333. The quantitative estimate of drug-likeness (QED) is 0.770. The Morgan fingerprint density at radius 3 is 2.76 bits per heavy atom. The van der Waals surface area contributed by atoms with Gasteiger partial charge in [-0.1, -0.05) is 12.7 Å². The normalized spacial score (nSPS) is 10.6. The summed E-state index contributed by atoms with van der Waals surface area (Å²) in [5, 5.41) is 0.472. The lowest BCUT2D eigenvalue weighted by molar-refractivity contribution is 0.355. The van der Waals surface area contributed by atoms with Crippen LogP contribution in [0, 0.1) is 0 Å². The van der Waals surface area contributed by atoms with Crippen molar-refractivity contribution in [2.45, 2.75) is 13.0 Å². The Hall–Kier alpha value is -2.01. The summed E-state index contributed by atoms with van der Waals surface area (Å²) in [5.41, 5.74) is 1.00. The molecule has 0 saturated carbocycles. The fourth-order valence-electron chi connectivity index (χ4n) is 2.25. The molecule has 1 heterocycles. The lowest BCUT2D eigenvalue weighted by Gasteiger charge is -2.14. The van der Waals surface area contributed by atoms with Crippen molar-refractivity contribution in [2.24, 2.45) is 0 Å². The minimum Gasteiger partial charge on any atom is -0.493 e. The van der Waals surface area contributed by atoms with Crippen molar-refractivity contribution in [3.63, 3.8) is 0 Å². The van der Waals surface area contributed by atoms with Gasteiger partial charge in [-0.25, -0.2) is 4.98 Å². The summed E-state index contributed by atoms with van der Waals surface area (Å²) in [7, 11) is 3.07. The first kappa shape index (κ1) is 15.4. The molecule has 0 amide bonds. The highest BCUT2D eigenvalue weighted by atomic mass is 35.5. The van der Waals surface area contributed by atoms with Crippen LogP contribution >= 0.6 is 11.6 Å². The molecule has 0 aliphatic rings. The van der Waals surface area contributed by atoms with Gasteiger partial charge in [0.15, 0.2) is 11.5 Å². The van der Waals surface area contributed by atoms with E-state index in [1.54, 1.807) is 16.7 Å². The number of aryl methyl sites for hydroxylation is 1. The number of rotatable bonds is 6. The van der Waals surface area contributed by atoms with Gasteiger partial charge in [-0.2, -0.15) is 0 Å². The summed E-state index contributed by atoms with van der Waals surface area (Å²) in [6, 6.07) is 1.69. The van der Waals surface area contributed by atoms with Crippen LogP contribution < -0.4 is 15.0 Å². The average molecular weight is 309 g/mol. The molecule has 0 fully saturated rings. The zero-order chi connectivity index (χ0) is 15.4. The Kier molecular flexibility index (Phi) is 4.85. The largest absolute Gasteiger partial charge is 0.493 e. The van der Waals surface area contributed by atoms with Gasteiger partial charge in [0.2, 0.25) is 0 Å². The SMILES string of the molecule is C=Cc1c(OC)c(OC)cc2ncn(CCCCl)c(=O)c12. The Labute approximate surface area is 127 Å². The van der Waals surface area contributed by atoms with Crippen molar-refractivity contribution >= 4 is 28.6 Å². The van der Waals surface area contributed by atoms with Crippen LogP contribution in [0.15, 0.2) is 23.8 Å². The molecule has 1 aromatic heterocycles. The number of halogens is 1. The molecule has 0 atom stereocenters. The monoisotopic (exact) mass is 308 g/mol. The van der Waals surface area contributed by atoms with E-state index in [2.05, 4.69) is 11.6 Å². The molecule has 0 saturated heterocycles. The van der Waals surface area contributed by atoms with Crippen LogP contribution in [0.2, 0.25) is 0 Å². The van der Waals surface area contributed by atoms with Crippen LogP contribution in [-0.2, 0) is 6.54 Å². The molecule has 112 valence electrons. The maximum absolute atomic E-state index is 12.6. The van der Waals surface area contributed by atoms with Gasteiger partial charge in [-0.05, 0) is 6.42 Å². The number of nitrogens with zero attached hydrogens (tertiary/aromatic N) is 2. The summed E-state index contributed by atoms with van der Waals surface area (Å²) in [6.45, 7) is 4.29. The molecular weight excluding hydrogens is 292 g/mol. The van der Waals surface area contributed by atoms with E-state index in [1.807, 2.05) is 0 Å². The summed E-state index contributed by atoms with van der Waals surface area (Å²) >= 11 is 5.68. The molecule has 0 N–H and O–H groups in total. The first-order valence-corrected chi connectivity index (χ1v) is 7.03. The molecule has 6 heteroatoms. The lowest BCUT2D eigenvalue weighted by atomic mass is 10.1. The van der Waals surface area contributed by atoms with Gasteiger partial charge in [-0.3, -0.25) is 9.36 Å². The summed E-state index contributed by atoms with van der Waals surface area (Å²) < 4.78 is 12.2. The van der Waals surface area contributed by atoms with Crippen LogP contribution in [0.3, 0.4) is 0 Å². The number of methoxy groups -OCH3 is 2. The van der Waals surface area contributed by atoms with Gasteiger partial charge in [0.05, 0.1) is 31.4 Å². The third kappa shape index (κ3) is 2.74. The smallest absolute Gasteiger partial charge is 0.261 e. The summed E-state index contributed by atoms with van der Waals surface area (Å²) in [6.07, 6.45) is 3.81. The number of aromatic nitrogens is 2. The molecule has 0 bridgehead atoms. The van der Waals surface area contributed by atoms with Gasteiger partial charge in [0, 0.05) is 24.1 Å². The van der Waals surface area contributed by atoms with E-state index in [9.17, 15) is 4.79 Å². The van der Waals surface area contributed by atoms with Gasteiger partial charge in [0.25, 0.3) is 5.56 Å². The third-order valence-corrected chi connectivity index (χ3v) is 3.50. The third-order valence-electron chi connectivity index (χ3n) is 3.23. The maximum atomic E-state index is 12.6. The highest BCUT2D eigenvalue weighted by Crippen LogP contribution is 2.36. The average Bonchev–Trinajstić information content (AvgIpc) is 2.52. The lowest BCUT2D eigenvalue weighted by Crippen LogP contribution is -2.21. The molecule has 2 rings (SSSR count). The van der Waals surface area contributed by atoms with Crippen LogP contribution in [0.1, 0.15) is 12.0 Å². The first-order valence-electron chi connectivity index (χ1n) is 6.50. The second-order valence-corrected chi connectivity index (χ2v) is 4.79. The van der Waals surface area contributed by atoms with E-state index in [-0.39, 0.29) is 5.56 Å². The van der Waals surface area contributed by atoms with Gasteiger partial charge in [0.1, 0.15) is 0 Å². The second-order valence-electron chi connectivity index (χ2n) is 4.41. The van der Waals surface area contributed by atoms with E-state index >= 15 is 0 Å². The van der Waals surface area contributed by atoms with Crippen molar-refractivity contribution in [3.8, 4) is 11.5 Å². The standard InChI is InChI=1S/C15H17ClN2O3/c1-4-10-13-11(8-12(20-2)14(10)21-3)17-9-18(15(13)19)7-5-6-16/h4,8-9H,1,5-7H2,2-3H3. The molecule has 2 aromatic rings. The molecule has 21 heavy (non-hydrogen) atoms. The van der Waals surface area contributed by atoms with E-state index in [0.717, 1.165) is 0 Å².